The van der Waals surface area contributed by atoms with Crippen LogP contribution >= 0.6 is 46.4 Å². The fourth-order valence-electron chi connectivity index (χ4n) is 1.39. The van der Waals surface area contributed by atoms with Crippen molar-refractivity contribution in [1.29, 1.82) is 0 Å². The van der Waals surface area contributed by atoms with Crippen LogP contribution in [0.25, 0.3) is 0 Å². The Hall–Kier alpha value is -0.680. The molecule has 8 heteroatoms. The third-order valence-electron chi connectivity index (χ3n) is 2.46. The van der Waals surface area contributed by atoms with Crippen LogP contribution in [0.4, 0.5) is 0 Å². The molecule has 1 aromatic rings. The van der Waals surface area contributed by atoms with Crippen LogP contribution in [-0.4, -0.2) is 33.8 Å². The Balaban J connectivity index is 3.04. The Morgan fingerprint density at radius 1 is 0.909 bits per heavy atom. The first-order chi connectivity index (χ1) is 10.1. The molecule has 2 atom stereocenters. The summed E-state index contributed by atoms with van der Waals surface area (Å²) in [5, 5.41) is -2.76. The van der Waals surface area contributed by atoms with E-state index in [2.05, 4.69) is 0 Å². The maximum absolute atomic E-state index is 12.1. The number of benzene rings is 1. The molecule has 4 nitrogen and oxygen atoms in total. The van der Waals surface area contributed by atoms with Crippen molar-refractivity contribution in [1.82, 2.24) is 0 Å². The summed E-state index contributed by atoms with van der Waals surface area (Å²) in [4.78, 5) is 24.3. The van der Waals surface area contributed by atoms with Gasteiger partial charge >= 0.3 is 11.9 Å². The summed E-state index contributed by atoms with van der Waals surface area (Å²) in [6, 6.07) is 5.96. The minimum Gasteiger partial charge on any atom is -0.438 e. The summed E-state index contributed by atoms with van der Waals surface area (Å²) in [7, 11) is 0. The zero-order valence-corrected chi connectivity index (χ0v) is 14.9. The van der Waals surface area contributed by atoms with Gasteiger partial charge in [-0.3, -0.25) is 0 Å². The molecule has 0 amide bonds. The number of esters is 2. The minimum absolute atomic E-state index is 0.00784. The summed E-state index contributed by atoms with van der Waals surface area (Å²) < 4.78 is 10.1. The number of carbonyl (C=O) groups excluding carboxylic acids is 2. The van der Waals surface area contributed by atoms with Gasteiger partial charge in [0.1, 0.15) is 0 Å². The molecule has 0 radical (unpaired) electrons. The molecule has 1 rings (SSSR count). The zero-order valence-electron chi connectivity index (χ0n) is 11.9. The second-order valence-electron chi connectivity index (χ2n) is 4.80. The highest BCUT2D eigenvalue weighted by Gasteiger charge is 2.30. The van der Waals surface area contributed by atoms with E-state index in [1.54, 1.807) is 12.1 Å². The van der Waals surface area contributed by atoms with E-state index in [9.17, 15) is 9.59 Å². The van der Waals surface area contributed by atoms with Gasteiger partial charge in [0.2, 0.25) is 0 Å². The number of rotatable bonds is 6. The Labute approximate surface area is 148 Å². The van der Waals surface area contributed by atoms with E-state index < -0.39 is 22.1 Å². The van der Waals surface area contributed by atoms with Gasteiger partial charge in [0, 0.05) is 0 Å². The molecule has 0 fully saturated rings. The molecule has 0 aliphatic rings. The van der Waals surface area contributed by atoms with Gasteiger partial charge in [0.15, 0.2) is 10.1 Å². The van der Waals surface area contributed by atoms with Crippen molar-refractivity contribution < 1.29 is 19.1 Å². The fourth-order valence-corrected chi connectivity index (χ4v) is 1.64. The Kier molecular flexibility index (Phi) is 6.81. The Morgan fingerprint density at radius 3 is 1.50 bits per heavy atom. The van der Waals surface area contributed by atoms with Gasteiger partial charge < -0.3 is 9.47 Å². The van der Waals surface area contributed by atoms with Crippen molar-refractivity contribution in [2.45, 2.75) is 24.0 Å². The first-order valence-electron chi connectivity index (χ1n) is 6.17. The number of hydrogen-bond acceptors (Lipinski definition) is 4. The van der Waals surface area contributed by atoms with Crippen LogP contribution in [0.5, 0.6) is 0 Å². The number of halogens is 4. The number of alkyl halides is 4. The summed E-state index contributed by atoms with van der Waals surface area (Å²) in [6.07, 6.45) is 0. The highest BCUT2D eigenvalue weighted by Crippen LogP contribution is 2.24. The van der Waals surface area contributed by atoms with Gasteiger partial charge in [-0.25, -0.2) is 9.59 Å². The molecule has 0 aliphatic carbocycles. The van der Waals surface area contributed by atoms with Gasteiger partial charge in [-0.05, 0) is 26.0 Å². The summed E-state index contributed by atoms with van der Waals surface area (Å²) >= 11 is 23.0. The highest BCUT2D eigenvalue weighted by molar-refractivity contribution is 6.31. The van der Waals surface area contributed by atoms with E-state index in [1.165, 1.54) is 26.0 Å². The molecule has 2 unspecified atom stereocenters. The van der Waals surface area contributed by atoms with Crippen molar-refractivity contribution in [2.24, 2.45) is 0 Å². The Bertz CT molecular complexity index is 509. The molecule has 122 valence electrons. The molecular weight excluding hydrogens is 374 g/mol. The SMILES string of the molecule is CC(Cl)(CCl)OC(=O)c1ccccc1C(=O)OC(C)(Cl)CCl. The van der Waals surface area contributed by atoms with E-state index in [0.29, 0.717) is 0 Å². The monoisotopic (exact) mass is 386 g/mol. The van der Waals surface area contributed by atoms with E-state index >= 15 is 0 Å². The molecule has 0 bridgehead atoms. The van der Waals surface area contributed by atoms with Crippen LogP contribution in [0, 0.1) is 0 Å². The van der Waals surface area contributed by atoms with Crippen molar-refractivity contribution in [3.63, 3.8) is 0 Å². The molecule has 0 saturated carbocycles. The molecule has 22 heavy (non-hydrogen) atoms. The van der Waals surface area contributed by atoms with Crippen molar-refractivity contribution in [2.75, 3.05) is 11.8 Å². The third kappa shape index (κ3) is 5.51. The van der Waals surface area contributed by atoms with E-state index in [0.717, 1.165) is 0 Å². The average Bonchev–Trinajstić information content (AvgIpc) is 2.46. The number of ether oxygens (including phenoxy) is 2. The minimum atomic E-state index is -1.38. The van der Waals surface area contributed by atoms with Crippen molar-refractivity contribution in [3.05, 3.63) is 35.4 Å². The van der Waals surface area contributed by atoms with Crippen LogP contribution in [-0.2, 0) is 9.47 Å². The van der Waals surface area contributed by atoms with Crippen molar-refractivity contribution >= 4 is 58.3 Å². The van der Waals surface area contributed by atoms with Gasteiger partial charge in [-0.2, -0.15) is 0 Å². The van der Waals surface area contributed by atoms with Gasteiger partial charge in [-0.1, -0.05) is 35.3 Å². The lowest BCUT2D eigenvalue weighted by Crippen LogP contribution is -2.30. The Morgan fingerprint density at radius 2 is 1.23 bits per heavy atom. The lowest BCUT2D eigenvalue weighted by atomic mass is 10.1. The molecule has 0 heterocycles. The maximum atomic E-state index is 12.1. The molecular formula is C14H14Cl4O4. The quantitative estimate of drug-likeness (QED) is 0.536. The normalized spacial score (nSPS) is 16.3. The smallest absolute Gasteiger partial charge is 0.340 e. The van der Waals surface area contributed by atoms with E-state index in [4.69, 9.17) is 55.9 Å². The molecule has 0 N–H and O–H groups in total. The van der Waals surface area contributed by atoms with Gasteiger partial charge in [0.25, 0.3) is 0 Å². The van der Waals surface area contributed by atoms with Gasteiger partial charge in [-0.15, -0.1) is 23.2 Å². The van der Waals surface area contributed by atoms with E-state index in [-0.39, 0.29) is 22.9 Å². The fraction of sp³-hybridized carbons (Fsp3) is 0.429. The second kappa shape index (κ2) is 7.73. The topological polar surface area (TPSA) is 52.6 Å². The van der Waals surface area contributed by atoms with Gasteiger partial charge in [0.05, 0.1) is 22.9 Å². The maximum Gasteiger partial charge on any atom is 0.340 e. The lowest BCUT2D eigenvalue weighted by molar-refractivity contribution is 0.0234. The average molecular weight is 388 g/mol. The van der Waals surface area contributed by atoms with E-state index in [1.807, 2.05) is 0 Å². The highest BCUT2D eigenvalue weighted by atomic mass is 35.5. The molecule has 0 aliphatic heterocycles. The molecule has 0 spiro atoms. The first-order valence-corrected chi connectivity index (χ1v) is 8.00. The van der Waals surface area contributed by atoms with Crippen LogP contribution < -0.4 is 0 Å². The molecule has 0 aromatic heterocycles. The predicted molar refractivity (Wildman–Crippen MR) is 87.2 cm³/mol. The van der Waals surface area contributed by atoms with Crippen molar-refractivity contribution in [3.8, 4) is 0 Å². The zero-order chi connectivity index (χ0) is 17.0. The third-order valence-corrected chi connectivity index (χ3v) is 4.17. The second-order valence-corrected chi connectivity index (χ2v) is 6.93. The summed E-state index contributed by atoms with van der Waals surface area (Å²) in [5.74, 6) is -1.82. The van der Waals surface area contributed by atoms with Crippen LogP contribution in [0.2, 0.25) is 0 Å². The molecule has 0 saturated heterocycles. The molecule has 1 aromatic carbocycles. The summed E-state index contributed by atoms with van der Waals surface area (Å²) in [6.45, 7) is 2.87. The number of carbonyl (C=O) groups is 2. The standard InChI is InChI=1S/C14H14Cl4O4/c1-13(17,7-15)21-11(19)9-5-3-4-6-10(9)12(20)22-14(2,18)8-16/h3-6H,7-8H2,1-2H3. The number of hydrogen-bond donors (Lipinski definition) is 0. The first kappa shape index (κ1) is 19.4. The van der Waals surface area contributed by atoms with Crippen LogP contribution in [0.3, 0.4) is 0 Å². The summed E-state index contributed by atoms with van der Waals surface area (Å²) in [5.41, 5.74) is -0.0157. The lowest BCUT2D eigenvalue weighted by Gasteiger charge is -2.22. The van der Waals surface area contributed by atoms with Crippen LogP contribution in [0.1, 0.15) is 34.6 Å². The predicted octanol–water partition coefficient (Wildman–Crippen LogP) is 4.39. The van der Waals surface area contributed by atoms with Crippen LogP contribution in [0.15, 0.2) is 24.3 Å². The largest absolute Gasteiger partial charge is 0.438 e.